The third kappa shape index (κ3) is 1.72. The van der Waals surface area contributed by atoms with Gasteiger partial charge in [0.15, 0.2) is 0 Å². The lowest BCUT2D eigenvalue weighted by Gasteiger charge is -2.31. The van der Waals surface area contributed by atoms with Crippen LogP contribution in [0.5, 0.6) is 0 Å². The van der Waals surface area contributed by atoms with Crippen molar-refractivity contribution >= 4 is 17.3 Å². The highest BCUT2D eigenvalue weighted by molar-refractivity contribution is 6.30. The number of fused-ring (bicyclic) bond motifs is 1. The van der Waals surface area contributed by atoms with Crippen molar-refractivity contribution in [3.63, 3.8) is 0 Å². The second-order valence-corrected chi connectivity index (χ2v) is 4.36. The fourth-order valence-corrected chi connectivity index (χ4v) is 2.19. The molecule has 0 radical (unpaired) electrons. The molecule has 1 N–H and O–H groups in total. The molecule has 1 aromatic rings. The Bertz CT molecular complexity index is 336. The van der Waals surface area contributed by atoms with Gasteiger partial charge in [0, 0.05) is 23.3 Å². The van der Waals surface area contributed by atoms with Gasteiger partial charge in [0.1, 0.15) is 0 Å². The van der Waals surface area contributed by atoms with E-state index in [2.05, 4.69) is 36.4 Å². The normalized spacial score (nSPS) is 20.4. The number of nitrogens with zero attached hydrogens (tertiary/aromatic N) is 1. The first-order chi connectivity index (χ1) is 6.68. The maximum atomic E-state index is 6.00. The van der Waals surface area contributed by atoms with Crippen molar-refractivity contribution in [3.8, 4) is 0 Å². The van der Waals surface area contributed by atoms with Gasteiger partial charge in [0.2, 0.25) is 0 Å². The Labute approximate surface area is 89.9 Å². The van der Waals surface area contributed by atoms with Crippen LogP contribution in [-0.4, -0.2) is 25.5 Å². The average Bonchev–Trinajstić information content (AvgIpc) is 2.16. The summed E-state index contributed by atoms with van der Waals surface area (Å²) >= 11 is 6.00. The van der Waals surface area contributed by atoms with Crippen LogP contribution in [0.2, 0.25) is 5.02 Å². The zero-order chi connectivity index (χ0) is 10.1. The molecule has 0 spiro atoms. The van der Waals surface area contributed by atoms with Crippen LogP contribution < -0.4 is 5.32 Å². The Morgan fingerprint density at radius 1 is 1.43 bits per heavy atom. The Morgan fingerprint density at radius 3 is 2.93 bits per heavy atom. The molecule has 1 aromatic carbocycles. The summed E-state index contributed by atoms with van der Waals surface area (Å²) in [5.74, 6) is 0. The van der Waals surface area contributed by atoms with E-state index < -0.39 is 0 Å². The minimum atomic E-state index is 0.491. The highest BCUT2D eigenvalue weighted by Gasteiger charge is 2.21. The van der Waals surface area contributed by atoms with Crippen molar-refractivity contribution in [1.82, 2.24) is 4.90 Å². The summed E-state index contributed by atoms with van der Waals surface area (Å²) in [6.45, 7) is 1.04. The number of nitrogens with one attached hydrogen (secondary N) is 1. The van der Waals surface area contributed by atoms with Crippen molar-refractivity contribution in [2.75, 3.05) is 26.0 Å². The first kappa shape index (κ1) is 9.81. The molecule has 0 bridgehead atoms. The van der Waals surface area contributed by atoms with Gasteiger partial charge in [-0.2, -0.15) is 0 Å². The largest absolute Gasteiger partial charge is 0.385 e. The molecule has 1 unspecified atom stereocenters. The monoisotopic (exact) mass is 210 g/mol. The Morgan fingerprint density at radius 2 is 2.21 bits per heavy atom. The van der Waals surface area contributed by atoms with Crippen LogP contribution in [0.25, 0.3) is 0 Å². The molecular formula is C11H15ClN2. The van der Waals surface area contributed by atoms with E-state index in [0.29, 0.717) is 6.04 Å². The zero-order valence-corrected chi connectivity index (χ0v) is 9.30. The van der Waals surface area contributed by atoms with E-state index in [0.717, 1.165) is 18.0 Å². The van der Waals surface area contributed by atoms with Crippen molar-refractivity contribution in [2.24, 2.45) is 0 Å². The maximum Gasteiger partial charge on any atom is 0.0410 e. The third-order valence-electron chi connectivity index (χ3n) is 2.73. The average molecular weight is 211 g/mol. The molecule has 2 nitrogen and oxygen atoms in total. The first-order valence-electron chi connectivity index (χ1n) is 4.88. The molecule has 1 aliphatic rings. The van der Waals surface area contributed by atoms with Gasteiger partial charge >= 0.3 is 0 Å². The molecule has 1 aliphatic heterocycles. The van der Waals surface area contributed by atoms with Crippen LogP contribution in [0.1, 0.15) is 18.0 Å². The maximum absolute atomic E-state index is 6.00. The molecule has 1 atom stereocenters. The number of benzene rings is 1. The van der Waals surface area contributed by atoms with Gasteiger partial charge in [0.05, 0.1) is 0 Å². The number of halogens is 1. The molecule has 0 aromatic heterocycles. The number of hydrogen-bond donors (Lipinski definition) is 1. The molecule has 0 amide bonds. The van der Waals surface area contributed by atoms with Crippen LogP contribution in [0.15, 0.2) is 18.2 Å². The van der Waals surface area contributed by atoms with Crippen LogP contribution in [0.4, 0.5) is 5.69 Å². The predicted octanol–water partition coefficient (Wildman–Crippen LogP) is 2.76. The van der Waals surface area contributed by atoms with E-state index in [1.165, 1.54) is 11.3 Å². The lowest BCUT2D eigenvalue weighted by molar-refractivity contribution is 0.285. The van der Waals surface area contributed by atoms with Crippen LogP contribution >= 0.6 is 11.6 Å². The summed E-state index contributed by atoms with van der Waals surface area (Å²) in [6.07, 6.45) is 1.14. The standard InChI is InChI=1S/C11H15ClN2/c1-14(2)11-5-6-13-10-4-3-8(12)7-9(10)11/h3-4,7,11,13H,5-6H2,1-2H3. The Balaban J connectivity index is 2.41. The van der Waals surface area contributed by atoms with E-state index in [1.54, 1.807) is 0 Å². The lowest BCUT2D eigenvalue weighted by atomic mass is 9.97. The minimum absolute atomic E-state index is 0.491. The van der Waals surface area contributed by atoms with Gasteiger partial charge in [0.25, 0.3) is 0 Å². The van der Waals surface area contributed by atoms with E-state index >= 15 is 0 Å². The number of hydrogen-bond acceptors (Lipinski definition) is 2. The lowest BCUT2D eigenvalue weighted by Crippen LogP contribution is -2.27. The molecule has 0 saturated heterocycles. The molecule has 0 saturated carbocycles. The van der Waals surface area contributed by atoms with Crippen LogP contribution in [0, 0.1) is 0 Å². The van der Waals surface area contributed by atoms with Gasteiger partial charge in [-0.1, -0.05) is 11.6 Å². The van der Waals surface area contributed by atoms with Crippen LogP contribution in [-0.2, 0) is 0 Å². The SMILES string of the molecule is CN(C)C1CCNc2ccc(Cl)cc21. The summed E-state index contributed by atoms with van der Waals surface area (Å²) in [6, 6.07) is 6.55. The van der Waals surface area contributed by atoms with Gasteiger partial charge in [-0.25, -0.2) is 0 Å². The first-order valence-corrected chi connectivity index (χ1v) is 5.26. The van der Waals surface area contributed by atoms with Crippen molar-refractivity contribution in [1.29, 1.82) is 0 Å². The van der Waals surface area contributed by atoms with E-state index in [4.69, 9.17) is 11.6 Å². The van der Waals surface area contributed by atoms with Crippen molar-refractivity contribution in [3.05, 3.63) is 28.8 Å². The summed E-state index contributed by atoms with van der Waals surface area (Å²) in [4.78, 5) is 2.25. The second-order valence-electron chi connectivity index (χ2n) is 3.93. The second kappa shape index (κ2) is 3.79. The van der Waals surface area contributed by atoms with Crippen LogP contribution in [0.3, 0.4) is 0 Å². The summed E-state index contributed by atoms with van der Waals surface area (Å²) in [5, 5.41) is 4.21. The zero-order valence-electron chi connectivity index (χ0n) is 8.55. The minimum Gasteiger partial charge on any atom is -0.385 e. The molecule has 0 fully saturated rings. The van der Waals surface area contributed by atoms with Gasteiger partial charge in [-0.3, -0.25) is 0 Å². The summed E-state index contributed by atoms with van der Waals surface area (Å²) in [7, 11) is 4.22. The Hall–Kier alpha value is -0.730. The van der Waals surface area contributed by atoms with E-state index in [-0.39, 0.29) is 0 Å². The number of rotatable bonds is 1. The molecular weight excluding hydrogens is 196 g/mol. The molecule has 1 heterocycles. The van der Waals surface area contributed by atoms with Gasteiger partial charge in [-0.15, -0.1) is 0 Å². The topological polar surface area (TPSA) is 15.3 Å². The fourth-order valence-electron chi connectivity index (χ4n) is 2.01. The summed E-state index contributed by atoms with van der Waals surface area (Å²) < 4.78 is 0. The molecule has 2 rings (SSSR count). The predicted molar refractivity (Wildman–Crippen MR) is 61.0 cm³/mol. The van der Waals surface area contributed by atoms with E-state index in [9.17, 15) is 0 Å². The van der Waals surface area contributed by atoms with Gasteiger partial charge < -0.3 is 10.2 Å². The quantitative estimate of drug-likeness (QED) is 0.767. The van der Waals surface area contributed by atoms with Crippen molar-refractivity contribution < 1.29 is 0 Å². The molecule has 14 heavy (non-hydrogen) atoms. The highest BCUT2D eigenvalue weighted by Crippen LogP contribution is 2.34. The molecule has 76 valence electrons. The summed E-state index contributed by atoms with van der Waals surface area (Å²) in [5.41, 5.74) is 2.54. The fraction of sp³-hybridized carbons (Fsp3) is 0.455. The van der Waals surface area contributed by atoms with Gasteiger partial charge in [-0.05, 0) is 44.3 Å². The molecule has 0 aliphatic carbocycles. The Kier molecular flexibility index (Phi) is 2.66. The smallest absolute Gasteiger partial charge is 0.0410 e. The highest BCUT2D eigenvalue weighted by atomic mass is 35.5. The molecule has 3 heteroatoms. The third-order valence-corrected chi connectivity index (χ3v) is 2.96. The number of anilines is 1. The van der Waals surface area contributed by atoms with Crippen molar-refractivity contribution in [2.45, 2.75) is 12.5 Å². The van der Waals surface area contributed by atoms with E-state index in [1.807, 2.05) is 6.07 Å².